The standard InChI is InChI=1S/C56H33N3O/c1-2-16-35(17-3-1)53-57-54(59-55(58-53)43-25-14-18-34-15-4-5-19-37(34)43)36-29-30-52-50(31-36)56(48-27-12-13-28-51(48)60-52)47-26-11-10-24-42(47)46-32-44-40-22-8-6-20-38(40)39-21-7-9-23-41(39)45(44)33-49(46)56/h1-33H. The normalized spacial score (nSPS) is 14.9. The third-order valence-electron chi connectivity index (χ3n) is 12.8. The summed E-state index contributed by atoms with van der Waals surface area (Å²) in [6.45, 7) is 0. The van der Waals surface area contributed by atoms with E-state index in [0.29, 0.717) is 17.5 Å². The predicted octanol–water partition coefficient (Wildman–Crippen LogP) is 14.0. The van der Waals surface area contributed by atoms with E-state index in [0.717, 1.165) is 50.1 Å². The molecule has 2 heterocycles. The number of aromatic nitrogens is 3. The van der Waals surface area contributed by atoms with Crippen molar-refractivity contribution in [2.45, 2.75) is 5.41 Å². The van der Waals surface area contributed by atoms with Gasteiger partial charge in [-0.15, -0.1) is 0 Å². The Hall–Kier alpha value is -7.95. The molecule has 1 atom stereocenters. The molecule has 2 aliphatic rings. The van der Waals surface area contributed by atoms with Gasteiger partial charge in [0.15, 0.2) is 17.5 Å². The van der Waals surface area contributed by atoms with Gasteiger partial charge in [0, 0.05) is 27.8 Å². The fraction of sp³-hybridized carbons (Fsp3) is 0.0179. The van der Waals surface area contributed by atoms with Crippen LogP contribution in [0.25, 0.3) is 88.4 Å². The van der Waals surface area contributed by atoms with Crippen molar-refractivity contribution in [2.24, 2.45) is 0 Å². The number of hydrogen-bond donors (Lipinski definition) is 0. The fourth-order valence-corrected chi connectivity index (χ4v) is 10.2. The van der Waals surface area contributed by atoms with Crippen LogP contribution >= 0.6 is 0 Å². The van der Waals surface area contributed by atoms with Crippen LogP contribution < -0.4 is 4.74 Å². The van der Waals surface area contributed by atoms with Crippen LogP contribution in [0, 0.1) is 0 Å². The molecule has 1 aliphatic carbocycles. The molecule has 0 radical (unpaired) electrons. The van der Waals surface area contributed by atoms with E-state index in [9.17, 15) is 0 Å². The minimum absolute atomic E-state index is 0.603. The zero-order valence-corrected chi connectivity index (χ0v) is 32.3. The van der Waals surface area contributed by atoms with Gasteiger partial charge in [0.25, 0.3) is 0 Å². The topological polar surface area (TPSA) is 47.9 Å². The van der Waals surface area contributed by atoms with Crippen LogP contribution in [0.3, 0.4) is 0 Å². The number of benzene rings is 10. The van der Waals surface area contributed by atoms with Crippen LogP contribution in [0.4, 0.5) is 0 Å². The molecule has 13 rings (SSSR count). The van der Waals surface area contributed by atoms with E-state index in [1.165, 1.54) is 54.6 Å². The molecule has 0 saturated heterocycles. The Morgan fingerprint density at radius 2 is 0.850 bits per heavy atom. The van der Waals surface area contributed by atoms with Gasteiger partial charge in [-0.25, -0.2) is 15.0 Å². The Balaban J connectivity index is 1.12. The molecule has 1 unspecified atom stereocenters. The molecule has 60 heavy (non-hydrogen) atoms. The summed E-state index contributed by atoms with van der Waals surface area (Å²) in [5.41, 5.74) is 9.19. The highest BCUT2D eigenvalue weighted by molar-refractivity contribution is 6.26. The van der Waals surface area contributed by atoms with Gasteiger partial charge in [0.2, 0.25) is 0 Å². The Morgan fingerprint density at radius 3 is 1.63 bits per heavy atom. The van der Waals surface area contributed by atoms with Crippen LogP contribution in [-0.4, -0.2) is 15.0 Å². The number of hydrogen-bond acceptors (Lipinski definition) is 4. The molecule has 0 saturated carbocycles. The number of para-hydroxylation sites is 1. The van der Waals surface area contributed by atoms with Crippen molar-refractivity contribution in [1.82, 2.24) is 15.0 Å². The minimum Gasteiger partial charge on any atom is -0.457 e. The molecule has 1 aliphatic heterocycles. The largest absolute Gasteiger partial charge is 0.457 e. The van der Waals surface area contributed by atoms with Crippen LogP contribution in [0.1, 0.15) is 22.3 Å². The maximum Gasteiger partial charge on any atom is 0.164 e. The lowest BCUT2D eigenvalue weighted by atomic mass is 9.65. The first kappa shape index (κ1) is 33.1. The summed E-state index contributed by atoms with van der Waals surface area (Å²) in [4.78, 5) is 15.6. The summed E-state index contributed by atoms with van der Waals surface area (Å²) < 4.78 is 6.88. The molecule has 0 bridgehead atoms. The lowest BCUT2D eigenvalue weighted by molar-refractivity contribution is 0.436. The number of fused-ring (bicyclic) bond motifs is 16. The average Bonchev–Trinajstić information content (AvgIpc) is 3.60. The molecule has 4 heteroatoms. The third kappa shape index (κ3) is 4.59. The van der Waals surface area contributed by atoms with E-state index >= 15 is 0 Å². The SMILES string of the molecule is c1ccc(-c2nc(-c3ccc4c(c3)C3(c5ccccc5O4)c4ccccc4-c4cc5c6ccccc6c6ccccc6c5cc43)nc(-c3cccc4ccccc34)n2)cc1. The lowest BCUT2D eigenvalue weighted by Crippen LogP contribution is -2.32. The summed E-state index contributed by atoms with van der Waals surface area (Å²) in [6, 6.07) is 71.4. The van der Waals surface area contributed by atoms with Crippen molar-refractivity contribution < 1.29 is 4.74 Å². The zero-order valence-electron chi connectivity index (χ0n) is 32.3. The predicted molar refractivity (Wildman–Crippen MR) is 244 cm³/mol. The van der Waals surface area contributed by atoms with Gasteiger partial charge in [0.05, 0.1) is 5.41 Å². The second-order valence-corrected chi connectivity index (χ2v) is 15.8. The van der Waals surface area contributed by atoms with Gasteiger partial charge >= 0.3 is 0 Å². The molecule has 278 valence electrons. The van der Waals surface area contributed by atoms with Crippen molar-refractivity contribution in [2.75, 3.05) is 0 Å². The van der Waals surface area contributed by atoms with Gasteiger partial charge in [0.1, 0.15) is 11.5 Å². The van der Waals surface area contributed by atoms with E-state index in [1.54, 1.807) is 0 Å². The Labute approximate surface area is 346 Å². The van der Waals surface area contributed by atoms with Crippen molar-refractivity contribution in [3.05, 3.63) is 222 Å². The summed E-state index contributed by atoms with van der Waals surface area (Å²) in [7, 11) is 0. The molecule has 4 nitrogen and oxygen atoms in total. The van der Waals surface area contributed by atoms with Gasteiger partial charge < -0.3 is 4.74 Å². The first-order valence-electron chi connectivity index (χ1n) is 20.4. The first-order chi connectivity index (χ1) is 29.7. The summed E-state index contributed by atoms with van der Waals surface area (Å²) in [5.74, 6) is 3.53. The van der Waals surface area contributed by atoms with E-state index < -0.39 is 5.41 Å². The minimum atomic E-state index is -0.694. The third-order valence-corrected chi connectivity index (χ3v) is 12.8. The number of ether oxygens (including phenoxy) is 1. The molecule has 0 amide bonds. The summed E-state index contributed by atoms with van der Waals surface area (Å²) in [5, 5.41) is 9.75. The Bertz CT molecular complexity index is 3590. The van der Waals surface area contributed by atoms with Crippen LogP contribution in [0.2, 0.25) is 0 Å². The summed E-state index contributed by atoms with van der Waals surface area (Å²) in [6.07, 6.45) is 0. The second kappa shape index (κ2) is 12.5. The highest BCUT2D eigenvalue weighted by Crippen LogP contribution is 2.63. The molecule has 11 aromatic rings. The average molecular weight is 764 g/mol. The van der Waals surface area contributed by atoms with E-state index in [2.05, 4.69) is 182 Å². The molecular weight excluding hydrogens is 731 g/mol. The molecule has 0 fully saturated rings. The van der Waals surface area contributed by atoms with Crippen molar-refractivity contribution in [1.29, 1.82) is 0 Å². The summed E-state index contributed by atoms with van der Waals surface area (Å²) >= 11 is 0. The van der Waals surface area contributed by atoms with Crippen LogP contribution in [-0.2, 0) is 5.41 Å². The van der Waals surface area contributed by atoms with Crippen LogP contribution in [0.15, 0.2) is 200 Å². The lowest BCUT2D eigenvalue weighted by Gasteiger charge is -2.39. The van der Waals surface area contributed by atoms with E-state index in [4.69, 9.17) is 19.7 Å². The van der Waals surface area contributed by atoms with Gasteiger partial charge in [-0.3, -0.25) is 0 Å². The molecule has 10 aromatic carbocycles. The van der Waals surface area contributed by atoms with Crippen molar-refractivity contribution >= 4 is 43.1 Å². The van der Waals surface area contributed by atoms with E-state index in [1.807, 2.05) is 18.2 Å². The highest BCUT2D eigenvalue weighted by atomic mass is 16.5. The number of rotatable bonds is 3. The molecule has 1 aromatic heterocycles. The van der Waals surface area contributed by atoms with E-state index in [-0.39, 0.29) is 0 Å². The van der Waals surface area contributed by atoms with Gasteiger partial charge in [-0.2, -0.15) is 0 Å². The zero-order chi connectivity index (χ0) is 39.4. The smallest absolute Gasteiger partial charge is 0.164 e. The van der Waals surface area contributed by atoms with Gasteiger partial charge in [-0.1, -0.05) is 164 Å². The fourth-order valence-electron chi connectivity index (χ4n) is 10.2. The van der Waals surface area contributed by atoms with Crippen molar-refractivity contribution in [3.8, 4) is 56.8 Å². The highest BCUT2D eigenvalue weighted by Gasteiger charge is 2.51. The molecule has 0 N–H and O–H groups in total. The quantitative estimate of drug-likeness (QED) is 0.168. The number of nitrogens with zero attached hydrogens (tertiary/aromatic N) is 3. The molecular formula is C56H33N3O. The monoisotopic (exact) mass is 763 g/mol. The maximum absolute atomic E-state index is 6.88. The Kier molecular flexibility index (Phi) is 6.90. The van der Waals surface area contributed by atoms with Gasteiger partial charge in [-0.05, 0) is 102 Å². The maximum atomic E-state index is 6.88. The molecule has 1 spiro atoms. The Morgan fingerprint density at radius 1 is 0.300 bits per heavy atom. The second-order valence-electron chi connectivity index (χ2n) is 15.8. The van der Waals surface area contributed by atoms with Crippen LogP contribution in [0.5, 0.6) is 11.5 Å². The van der Waals surface area contributed by atoms with Crippen molar-refractivity contribution in [3.63, 3.8) is 0 Å². The first-order valence-corrected chi connectivity index (χ1v) is 20.4.